The van der Waals surface area contributed by atoms with Gasteiger partial charge in [-0.2, -0.15) is 0 Å². The Balaban J connectivity index is 2.47. The van der Waals surface area contributed by atoms with Gasteiger partial charge in [0, 0.05) is 0 Å². The second kappa shape index (κ2) is 5.72. The molecule has 1 aliphatic rings. The molecule has 11 heavy (non-hydrogen) atoms. The van der Waals surface area contributed by atoms with Crippen LogP contribution in [0.3, 0.4) is 0 Å². The Hall–Kier alpha value is -1.04. The standard InChI is InChI=1S/C11H13/c1-2-4-6-8-10-11-9-7-5-3-1/h1-9H,10-11H2/b2-1-,5-3-,6-4-,9-7-. The summed E-state index contributed by atoms with van der Waals surface area (Å²) in [7, 11) is 0. The Kier molecular flexibility index (Phi) is 4.19. The van der Waals surface area contributed by atoms with Gasteiger partial charge in [-0.3, -0.25) is 0 Å². The van der Waals surface area contributed by atoms with Gasteiger partial charge in [-0.15, -0.1) is 0 Å². The molecule has 0 heterocycles. The summed E-state index contributed by atoms with van der Waals surface area (Å²) in [6.45, 7) is 0. The number of hydrogen-bond donors (Lipinski definition) is 0. The van der Waals surface area contributed by atoms with Crippen LogP contribution in [-0.2, 0) is 0 Å². The Bertz CT molecular complexity index is 170. The molecule has 1 aliphatic carbocycles. The maximum atomic E-state index is 2.18. The molecule has 0 unspecified atom stereocenters. The fraction of sp³-hybridized carbons (Fsp3) is 0.182. The summed E-state index contributed by atoms with van der Waals surface area (Å²) in [5.41, 5.74) is 0. The van der Waals surface area contributed by atoms with Crippen LogP contribution in [0.2, 0.25) is 0 Å². The molecule has 0 fully saturated rings. The third kappa shape index (κ3) is 4.38. The average Bonchev–Trinajstić information content (AvgIpc) is 2.08. The van der Waals surface area contributed by atoms with Crippen molar-refractivity contribution in [2.45, 2.75) is 12.8 Å². The van der Waals surface area contributed by atoms with E-state index in [2.05, 4.69) is 36.8 Å². The van der Waals surface area contributed by atoms with Crippen LogP contribution >= 0.6 is 0 Å². The Morgan fingerprint density at radius 3 is 2.00 bits per heavy atom. The summed E-state index contributed by atoms with van der Waals surface area (Å²) < 4.78 is 0. The van der Waals surface area contributed by atoms with Crippen molar-refractivity contribution in [3.63, 3.8) is 0 Å². The van der Waals surface area contributed by atoms with Gasteiger partial charge in [0.2, 0.25) is 0 Å². The maximum absolute atomic E-state index is 2.18. The zero-order chi connectivity index (χ0) is 7.78. The predicted octanol–water partition coefficient (Wildman–Crippen LogP) is 3.21. The first-order chi connectivity index (χ1) is 5.50. The smallest absolute Gasteiger partial charge is 0.0164 e. The first-order valence-corrected chi connectivity index (χ1v) is 3.98. The van der Waals surface area contributed by atoms with Crippen LogP contribution in [0.25, 0.3) is 0 Å². The summed E-state index contributed by atoms with van der Waals surface area (Å²) in [5.74, 6) is 0. The van der Waals surface area contributed by atoms with Crippen LogP contribution in [-0.4, -0.2) is 0 Å². The second-order valence-corrected chi connectivity index (χ2v) is 2.40. The Labute approximate surface area is 68.6 Å². The molecule has 0 N–H and O–H groups in total. The molecule has 1 radical (unpaired) electrons. The minimum Gasteiger partial charge on any atom is -0.0845 e. The highest BCUT2D eigenvalue weighted by Crippen LogP contribution is 1.98. The quantitative estimate of drug-likeness (QED) is 0.491. The van der Waals surface area contributed by atoms with Gasteiger partial charge in [-0.05, 0) is 19.3 Å². The molecule has 0 atom stereocenters. The topological polar surface area (TPSA) is 0 Å². The molecular weight excluding hydrogens is 132 g/mol. The molecule has 0 spiro atoms. The van der Waals surface area contributed by atoms with Crippen LogP contribution < -0.4 is 0 Å². The number of allylic oxidation sites excluding steroid dienone is 8. The minimum absolute atomic E-state index is 1.13. The second-order valence-electron chi connectivity index (χ2n) is 2.40. The van der Waals surface area contributed by atoms with Crippen molar-refractivity contribution in [1.82, 2.24) is 0 Å². The lowest BCUT2D eigenvalue weighted by atomic mass is 10.2. The third-order valence-electron chi connectivity index (χ3n) is 1.44. The van der Waals surface area contributed by atoms with E-state index in [0.29, 0.717) is 0 Å². The highest BCUT2D eigenvalue weighted by Gasteiger charge is 1.79. The Morgan fingerprint density at radius 2 is 1.18 bits per heavy atom. The molecule has 0 aromatic carbocycles. The van der Waals surface area contributed by atoms with Gasteiger partial charge < -0.3 is 0 Å². The van der Waals surface area contributed by atoms with Gasteiger partial charge in [-0.1, -0.05) is 48.6 Å². The first-order valence-electron chi connectivity index (χ1n) is 3.98. The molecule has 0 saturated carbocycles. The predicted molar refractivity (Wildman–Crippen MR) is 50.1 cm³/mol. The molecule has 0 heteroatoms. The van der Waals surface area contributed by atoms with E-state index in [0.717, 1.165) is 12.8 Å². The zero-order valence-electron chi connectivity index (χ0n) is 6.61. The van der Waals surface area contributed by atoms with Gasteiger partial charge >= 0.3 is 0 Å². The van der Waals surface area contributed by atoms with Gasteiger partial charge in [0.15, 0.2) is 0 Å². The van der Waals surface area contributed by atoms with E-state index in [-0.39, 0.29) is 0 Å². The van der Waals surface area contributed by atoms with Crippen molar-refractivity contribution < 1.29 is 0 Å². The summed E-state index contributed by atoms with van der Waals surface area (Å²) in [6, 6.07) is 0. The van der Waals surface area contributed by atoms with E-state index in [1.54, 1.807) is 0 Å². The largest absolute Gasteiger partial charge is 0.0845 e. The Morgan fingerprint density at radius 1 is 0.545 bits per heavy atom. The average molecular weight is 145 g/mol. The summed E-state index contributed by atoms with van der Waals surface area (Å²) in [5, 5.41) is 0. The molecule has 0 aliphatic heterocycles. The minimum atomic E-state index is 1.13. The van der Waals surface area contributed by atoms with Gasteiger partial charge in [0.05, 0.1) is 0 Å². The lowest BCUT2D eigenvalue weighted by Crippen LogP contribution is -1.68. The lowest BCUT2D eigenvalue weighted by Gasteiger charge is -1.86. The summed E-state index contributed by atoms with van der Waals surface area (Å²) >= 11 is 0. The van der Waals surface area contributed by atoms with E-state index in [1.165, 1.54) is 0 Å². The van der Waals surface area contributed by atoms with Crippen LogP contribution in [0.1, 0.15) is 12.8 Å². The molecule has 57 valence electrons. The van der Waals surface area contributed by atoms with E-state index in [1.807, 2.05) is 18.2 Å². The molecule has 0 aromatic rings. The molecule has 1 rings (SSSR count). The van der Waals surface area contributed by atoms with E-state index < -0.39 is 0 Å². The van der Waals surface area contributed by atoms with Crippen molar-refractivity contribution in [1.29, 1.82) is 0 Å². The monoisotopic (exact) mass is 145 g/mol. The molecule has 0 aromatic heterocycles. The number of rotatable bonds is 0. The molecule has 0 bridgehead atoms. The number of hydrogen-bond acceptors (Lipinski definition) is 0. The van der Waals surface area contributed by atoms with Gasteiger partial charge in [0.25, 0.3) is 0 Å². The summed E-state index contributed by atoms with van der Waals surface area (Å²) in [6.07, 6.45) is 21.0. The third-order valence-corrected chi connectivity index (χ3v) is 1.44. The molecule has 0 nitrogen and oxygen atoms in total. The van der Waals surface area contributed by atoms with Crippen molar-refractivity contribution in [3.8, 4) is 0 Å². The lowest BCUT2D eigenvalue weighted by molar-refractivity contribution is 1.00. The van der Waals surface area contributed by atoms with Gasteiger partial charge in [-0.25, -0.2) is 0 Å². The molecule has 0 saturated heterocycles. The van der Waals surface area contributed by atoms with Gasteiger partial charge in [0.1, 0.15) is 0 Å². The van der Waals surface area contributed by atoms with Crippen molar-refractivity contribution in [2.24, 2.45) is 0 Å². The normalized spacial score (nSPS) is 29.8. The van der Waals surface area contributed by atoms with Crippen molar-refractivity contribution in [3.05, 3.63) is 55.0 Å². The van der Waals surface area contributed by atoms with E-state index in [4.69, 9.17) is 0 Å². The van der Waals surface area contributed by atoms with E-state index in [9.17, 15) is 0 Å². The van der Waals surface area contributed by atoms with Crippen LogP contribution in [0, 0.1) is 6.42 Å². The van der Waals surface area contributed by atoms with Crippen molar-refractivity contribution in [2.75, 3.05) is 0 Å². The fourth-order valence-electron chi connectivity index (χ4n) is 0.863. The zero-order valence-corrected chi connectivity index (χ0v) is 6.61. The highest BCUT2D eigenvalue weighted by atomic mass is 13.9. The van der Waals surface area contributed by atoms with Crippen LogP contribution in [0.5, 0.6) is 0 Å². The SMILES string of the molecule is [CH]1\C=C/C=C\C=C/C=C\CC1. The van der Waals surface area contributed by atoms with E-state index >= 15 is 0 Å². The summed E-state index contributed by atoms with van der Waals surface area (Å²) in [4.78, 5) is 0. The maximum Gasteiger partial charge on any atom is -0.0164 e. The highest BCUT2D eigenvalue weighted by molar-refractivity contribution is 5.17. The molecular formula is C11H13. The van der Waals surface area contributed by atoms with Crippen LogP contribution in [0.15, 0.2) is 48.6 Å². The van der Waals surface area contributed by atoms with Crippen molar-refractivity contribution >= 4 is 0 Å². The van der Waals surface area contributed by atoms with Crippen LogP contribution in [0.4, 0.5) is 0 Å². The fourth-order valence-corrected chi connectivity index (χ4v) is 0.863. The molecule has 0 amide bonds. The first kappa shape index (κ1) is 8.06.